The summed E-state index contributed by atoms with van der Waals surface area (Å²) in [6, 6.07) is 13.8. The molecule has 1 heterocycles. The smallest absolute Gasteiger partial charge is 0.306 e. The van der Waals surface area contributed by atoms with Gasteiger partial charge >= 0.3 is 5.97 Å². The van der Waals surface area contributed by atoms with E-state index in [1.54, 1.807) is 28.1 Å². The minimum Gasteiger partial charge on any atom is -0.466 e. The Kier molecular flexibility index (Phi) is 10.4. The highest BCUT2D eigenvalue weighted by molar-refractivity contribution is 7.11. The number of amides is 2. The standard InChI is InChI=1S/C25H34N2O4S/c1-5-19(3)27(23(28)14-15-25(30)31-6-2)18-24(29)26(16-21-10-8-7-9-11-21)17-22-13-12-20(4)32-22/h7-13,19H,5-6,14-18H2,1-4H3. The molecule has 1 aromatic carbocycles. The highest BCUT2D eigenvalue weighted by atomic mass is 32.1. The van der Waals surface area contributed by atoms with Crippen LogP contribution in [0.2, 0.25) is 0 Å². The summed E-state index contributed by atoms with van der Waals surface area (Å²) in [7, 11) is 0. The lowest BCUT2D eigenvalue weighted by molar-refractivity contribution is -0.147. The van der Waals surface area contributed by atoms with Gasteiger partial charge in [0.05, 0.1) is 19.6 Å². The molecule has 1 atom stereocenters. The van der Waals surface area contributed by atoms with Crippen molar-refractivity contribution in [2.75, 3.05) is 13.2 Å². The van der Waals surface area contributed by atoms with Crippen LogP contribution < -0.4 is 0 Å². The van der Waals surface area contributed by atoms with E-state index in [9.17, 15) is 14.4 Å². The lowest BCUT2D eigenvalue weighted by atomic mass is 10.1. The van der Waals surface area contributed by atoms with E-state index in [0.717, 1.165) is 16.9 Å². The largest absolute Gasteiger partial charge is 0.466 e. The molecule has 2 aromatic rings. The molecule has 0 aliphatic rings. The number of hydrogen-bond acceptors (Lipinski definition) is 5. The molecule has 0 saturated heterocycles. The van der Waals surface area contributed by atoms with E-state index in [2.05, 4.69) is 6.07 Å². The number of esters is 1. The first-order chi connectivity index (χ1) is 15.3. The second kappa shape index (κ2) is 13.0. The summed E-state index contributed by atoms with van der Waals surface area (Å²) >= 11 is 1.67. The van der Waals surface area contributed by atoms with Gasteiger partial charge in [-0.15, -0.1) is 11.3 Å². The minimum atomic E-state index is -0.393. The van der Waals surface area contributed by atoms with Crippen molar-refractivity contribution in [3.63, 3.8) is 0 Å². The maximum Gasteiger partial charge on any atom is 0.306 e. The first-order valence-corrected chi connectivity index (χ1v) is 12.0. The quantitative estimate of drug-likeness (QED) is 0.438. The average molecular weight is 459 g/mol. The van der Waals surface area contributed by atoms with E-state index in [0.29, 0.717) is 13.1 Å². The van der Waals surface area contributed by atoms with Crippen molar-refractivity contribution >= 4 is 29.1 Å². The first-order valence-electron chi connectivity index (χ1n) is 11.2. The fourth-order valence-electron chi connectivity index (χ4n) is 3.34. The minimum absolute atomic E-state index is 0.00609. The van der Waals surface area contributed by atoms with Gasteiger partial charge in [0, 0.05) is 28.8 Å². The Morgan fingerprint density at radius 2 is 1.69 bits per heavy atom. The summed E-state index contributed by atoms with van der Waals surface area (Å²) in [6.45, 7) is 8.95. The molecule has 6 nitrogen and oxygen atoms in total. The summed E-state index contributed by atoms with van der Waals surface area (Å²) in [5, 5.41) is 0. The SMILES string of the molecule is CCOC(=O)CCC(=O)N(CC(=O)N(Cc1ccccc1)Cc1ccc(C)s1)C(C)CC. The fourth-order valence-corrected chi connectivity index (χ4v) is 4.24. The Bertz CT molecular complexity index is 881. The van der Waals surface area contributed by atoms with Crippen molar-refractivity contribution < 1.29 is 19.1 Å². The molecule has 7 heteroatoms. The van der Waals surface area contributed by atoms with E-state index >= 15 is 0 Å². The molecule has 0 bridgehead atoms. The molecule has 0 fully saturated rings. The van der Waals surface area contributed by atoms with Crippen LogP contribution in [0.4, 0.5) is 0 Å². The van der Waals surface area contributed by atoms with Crippen LogP contribution in [0, 0.1) is 6.92 Å². The van der Waals surface area contributed by atoms with Gasteiger partial charge in [-0.25, -0.2) is 0 Å². The van der Waals surface area contributed by atoms with Gasteiger partial charge in [0.15, 0.2) is 0 Å². The van der Waals surface area contributed by atoms with Crippen LogP contribution in [0.25, 0.3) is 0 Å². The number of aryl methyl sites for hydroxylation is 1. The maximum absolute atomic E-state index is 13.4. The van der Waals surface area contributed by atoms with Crippen LogP contribution in [0.15, 0.2) is 42.5 Å². The summed E-state index contributed by atoms with van der Waals surface area (Å²) in [5.41, 5.74) is 1.04. The van der Waals surface area contributed by atoms with Crippen molar-refractivity contribution in [1.82, 2.24) is 9.80 Å². The molecule has 0 N–H and O–H groups in total. The number of carbonyl (C=O) groups excluding carboxylic acids is 3. The molecule has 174 valence electrons. The van der Waals surface area contributed by atoms with Gasteiger partial charge in [-0.3, -0.25) is 14.4 Å². The zero-order valence-electron chi connectivity index (χ0n) is 19.5. The second-order valence-corrected chi connectivity index (χ2v) is 9.20. The molecular weight excluding hydrogens is 424 g/mol. The average Bonchev–Trinajstić information content (AvgIpc) is 3.20. The highest BCUT2D eigenvalue weighted by Gasteiger charge is 2.25. The maximum atomic E-state index is 13.4. The van der Waals surface area contributed by atoms with Crippen molar-refractivity contribution in [3.05, 3.63) is 57.8 Å². The Balaban J connectivity index is 2.14. The van der Waals surface area contributed by atoms with Crippen molar-refractivity contribution in [2.24, 2.45) is 0 Å². The van der Waals surface area contributed by atoms with E-state index in [1.807, 2.05) is 57.2 Å². The van der Waals surface area contributed by atoms with E-state index in [4.69, 9.17) is 4.74 Å². The van der Waals surface area contributed by atoms with Crippen molar-refractivity contribution in [3.8, 4) is 0 Å². The van der Waals surface area contributed by atoms with Gasteiger partial charge < -0.3 is 14.5 Å². The lowest BCUT2D eigenvalue weighted by Gasteiger charge is -2.31. The number of nitrogens with zero attached hydrogens (tertiary/aromatic N) is 2. The predicted molar refractivity (Wildman–Crippen MR) is 127 cm³/mol. The van der Waals surface area contributed by atoms with E-state index in [-0.39, 0.29) is 43.8 Å². The monoisotopic (exact) mass is 458 g/mol. The molecule has 1 unspecified atom stereocenters. The topological polar surface area (TPSA) is 66.9 Å². The van der Waals surface area contributed by atoms with Gasteiger partial charge in [0.2, 0.25) is 11.8 Å². The summed E-state index contributed by atoms with van der Waals surface area (Å²) in [6.07, 6.45) is 0.788. The first kappa shape index (κ1) is 25.6. The molecule has 0 saturated carbocycles. The predicted octanol–water partition coefficient (Wildman–Crippen LogP) is 4.56. The Labute approximate surface area is 195 Å². The van der Waals surface area contributed by atoms with Crippen molar-refractivity contribution in [1.29, 1.82) is 0 Å². The third-order valence-corrected chi connectivity index (χ3v) is 6.29. The lowest BCUT2D eigenvalue weighted by Crippen LogP contribution is -2.46. The van der Waals surface area contributed by atoms with Gasteiger partial charge in [0.1, 0.15) is 6.54 Å². The summed E-state index contributed by atoms with van der Waals surface area (Å²) in [4.78, 5) is 43.6. The third kappa shape index (κ3) is 8.11. The molecule has 0 aliphatic heterocycles. The van der Waals surface area contributed by atoms with Crippen molar-refractivity contribution in [2.45, 2.75) is 66.1 Å². The Hall–Kier alpha value is -2.67. The fraction of sp³-hybridized carbons (Fsp3) is 0.480. The van der Waals surface area contributed by atoms with E-state index in [1.165, 1.54) is 4.88 Å². The number of ether oxygens (including phenoxy) is 1. The van der Waals surface area contributed by atoms with Gasteiger partial charge in [0.25, 0.3) is 0 Å². The van der Waals surface area contributed by atoms with Crippen LogP contribution in [-0.2, 0) is 32.2 Å². The van der Waals surface area contributed by atoms with Crippen LogP contribution >= 0.6 is 11.3 Å². The molecule has 32 heavy (non-hydrogen) atoms. The molecule has 2 rings (SSSR count). The summed E-state index contributed by atoms with van der Waals surface area (Å²) < 4.78 is 4.93. The Morgan fingerprint density at radius 3 is 2.28 bits per heavy atom. The number of rotatable bonds is 12. The molecule has 1 aromatic heterocycles. The Morgan fingerprint density at radius 1 is 0.969 bits per heavy atom. The number of hydrogen-bond donors (Lipinski definition) is 0. The van der Waals surface area contributed by atoms with Gasteiger partial charge in [-0.1, -0.05) is 37.3 Å². The molecule has 0 radical (unpaired) electrons. The molecule has 0 spiro atoms. The number of carbonyl (C=O) groups is 3. The highest BCUT2D eigenvalue weighted by Crippen LogP contribution is 2.19. The van der Waals surface area contributed by atoms with Crippen LogP contribution in [-0.4, -0.2) is 46.8 Å². The van der Waals surface area contributed by atoms with Crippen LogP contribution in [0.1, 0.15) is 55.4 Å². The second-order valence-electron chi connectivity index (χ2n) is 7.83. The van der Waals surface area contributed by atoms with Gasteiger partial charge in [-0.2, -0.15) is 0 Å². The molecule has 2 amide bonds. The normalized spacial score (nSPS) is 11.6. The number of benzene rings is 1. The van der Waals surface area contributed by atoms with Crippen LogP contribution in [0.5, 0.6) is 0 Å². The van der Waals surface area contributed by atoms with Gasteiger partial charge in [-0.05, 0) is 44.9 Å². The summed E-state index contributed by atoms with van der Waals surface area (Å²) in [5.74, 6) is -0.702. The molecular formula is C25H34N2O4S. The molecule has 0 aliphatic carbocycles. The van der Waals surface area contributed by atoms with E-state index < -0.39 is 5.97 Å². The third-order valence-electron chi connectivity index (χ3n) is 5.31. The van der Waals surface area contributed by atoms with Crippen LogP contribution in [0.3, 0.4) is 0 Å². The zero-order chi connectivity index (χ0) is 23.5. The zero-order valence-corrected chi connectivity index (χ0v) is 20.3. The number of thiophene rings is 1.